The number of hydrogen-bond donors (Lipinski definition) is 0. The molecule has 1 aromatic heterocycles. The largest absolute Gasteiger partial charge is 0.497 e. The Kier molecular flexibility index (Phi) is 5.16. The Morgan fingerprint density at radius 3 is 2.96 bits per heavy atom. The molecule has 5 nitrogen and oxygen atoms in total. The normalized spacial score (nSPS) is 18.2. The molecule has 130 valence electrons. The summed E-state index contributed by atoms with van der Waals surface area (Å²) in [5, 5.41) is 0. The third kappa shape index (κ3) is 3.60. The van der Waals surface area contributed by atoms with Crippen molar-refractivity contribution in [2.45, 2.75) is 19.9 Å². The van der Waals surface area contributed by atoms with Crippen LogP contribution in [-0.4, -0.2) is 43.8 Å². The fourth-order valence-corrected chi connectivity index (χ4v) is 3.13. The number of oxazole rings is 1. The quantitative estimate of drug-likeness (QED) is 0.811. The third-order valence-electron chi connectivity index (χ3n) is 4.44. The molecule has 0 radical (unpaired) electrons. The first kappa shape index (κ1) is 16.9. The first-order chi connectivity index (χ1) is 11.6. The topological polar surface area (TPSA) is 47.7 Å². The van der Waals surface area contributed by atoms with Crippen molar-refractivity contribution in [3.8, 4) is 17.2 Å². The molecule has 0 N–H and O–H groups in total. The van der Waals surface area contributed by atoms with Crippen LogP contribution < -0.4 is 4.74 Å². The molecule has 3 rings (SSSR count). The van der Waals surface area contributed by atoms with Gasteiger partial charge in [0.2, 0.25) is 5.89 Å². The average Bonchev–Trinajstić information content (AvgIpc) is 3.16. The molecule has 0 spiro atoms. The van der Waals surface area contributed by atoms with Gasteiger partial charge in [0.25, 0.3) is 0 Å². The summed E-state index contributed by atoms with van der Waals surface area (Å²) in [6, 6.07) is 4.55. The molecule has 0 saturated carbocycles. The van der Waals surface area contributed by atoms with Crippen molar-refractivity contribution < 1.29 is 18.3 Å². The number of aromatic nitrogens is 1. The van der Waals surface area contributed by atoms with Gasteiger partial charge in [-0.1, -0.05) is 0 Å². The van der Waals surface area contributed by atoms with Gasteiger partial charge in [-0.2, -0.15) is 0 Å². The van der Waals surface area contributed by atoms with Gasteiger partial charge in [-0.05, 0) is 44.0 Å². The van der Waals surface area contributed by atoms with Gasteiger partial charge in [-0.25, -0.2) is 9.37 Å². The Balaban J connectivity index is 1.76. The summed E-state index contributed by atoms with van der Waals surface area (Å²) in [4.78, 5) is 6.85. The van der Waals surface area contributed by atoms with Crippen LogP contribution in [0.3, 0.4) is 0 Å². The van der Waals surface area contributed by atoms with E-state index >= 15 is 0 Å². The van der Waals surface area contributed by atoms with Gasteiger partial charge >= 0.3 is 0 Å². The molecule has 1 aliphatic rings. The van der Waals surface area contributed by atoms with Crippen LogP contribution >= 0.6 is 0 Å². The molecular weight excluding hydrogens is 311 g/mol. The molecule has 1 aliphatic heterocycles. The second-order valence-electron chi connectivity index (χ2n) is 6.21. The molecular formula is C18H23FN2O3. The SMILES string of the molecule is COC[C@@H]1CCN(Cc2nc(-c3cc(OC)ccc3F)oc2C)C1. The van der Waals surface area contributed by atoms with Crippen LogP contribution in [0.4, 0.5) is 4.39 Å². The zero-order valence-electron chi connectivity index (χ0n) is 14.3. The van der Waals surface area contributed by atoms with Gasteiger partial charge in [-0.3, -0.25) is 4.90 Å². The van der Waals surface area contributed by atoms with E-state index in [0.717, 1.165) is 37.6 Å². The van der Waals surface area contributed by atoms with Crippen molar-refractivity contribution >= 4 is 0 Å². The summed E-state index contributed by atoms with van der Waals surface area (Å²) in [6.07, 6.45) is 1.13. The Hall–Kier alpha value is -1.92. The molecule has 24 heavy (non-hydrogen) atoms. The molecule has 0 bridgehead atoms. The van der Waals surface area contributed by atoms with E-state index in [1.165, 1.54) is 6.07 Å². The fraction of sp³-hybridized carbons (Fsp3) is 0.500. The highest BCUT2D eigenvalue weighted by atomic mass is 19.1. The second kappa shape index (κ2) is 7.32. The van der Waals surface area contributed by atoms with Crippen LogP contribution in [0, 0.1) is 18.7 Å². The van der Waals surface area contributed by atoms with Crippen LogP contribution in [0.5, 0.6) is 5.75 Å². The predicted molar refractivity (Wildman–Crippen MR) is 88.4 cm³/mol. The van der Waals surface area contributed by atoms with Crippen LogP contribution in [0.25, 0.3) is 11.5 Å². The predicted octanol–water partition coefficient (Wildman–Crippen LogP) is 3.27. The van der Waals surface area contributed by atoms with Crippen molar-refractivity contribution in [3.63, 3.8) is 0 Å². The molecule has 0 aliphatic carbocycles. The lowest BCUT2D eigenvalue weighted by Crippen LogP contribution is -2.21. The van der Waals surface area contributed by atoms with Gasteiger partial charge in [0.05, 0.1) is 25.0 Å². The molecule has 1 fully saturated rings. The Labute approximate surface area is 141 Å². The number of methoxy groups -OCH3 is 2. The van der Waals surface area contributed by atoms with Gasteiger partial charge in [-0.15, -0.1) is 0 Å². The number of rotatable bonds is 6. The molecule has 1 atom stereocenters. The Morgan fingerprint density at radius 1 is 1.38 bits per heavy atom. The van der Waals surface area contributed by atoms with E-state index in [4.69, 9.17) is 13.9 Å². The zero-order valence-corrected chi connectivity index (χ0v) is 14.3. The Morgan fingerprint density at radius 2 is 2.21 bits per heavy atom. The van der Waals surface area contributed by atoms with Gasteiger partial charge in [0, 0.05) is 20.2 Å². The van der Waals surface area contributed by atoms with E-state index in [1.54, 1.807) is 26.4 Å². The lowest BCUT2D eigenvalue weighted by molar-refractivity contribution is 0.152. The highest BCUT2D eigenvalue weighted by Gasteiger charge is 2.24. The van der Waals surface area contributed by atoms with E-state index in [0.29, 0.717) is 29.7 Å². The fourth-order valence-electron chi connectivity index (χ4n) is 3.13. The molecule has 2 heterocycles. The lowest BCUT2D eigenvalue weighted by atomic mass is 10.1. The highest BCUT2D eigenvalue weighted by Crippen LogP contribution is 2.29. The standard InChI is InChI=1S/C18H23FN2O3/c1-12-17(10-21-7-6-13(9-21)11-22-2)20-18(24-12)15-8-14(23-3)4-5-16(15)19/h4-5,8,13H,6-7,9-11H2,1-3H3/t13-/m1/s1. The summed E-state index contributed by atoms with van der Waals surface area (Å²) in [7, 11) is 3.28. The number of halogens is 1. The van der Waals surface area contributed by atoms with Crippen molar-refractivity contribution in [3.05, 3.63) is 35.5 Å². The summed E-state index contributed by atoms with van der Waals surface area (Å²) in [5.41, 5.74) is 1.17. The number of ether oxygens (including phenoxy) is 2. The van der Waals surface area contributed by atoms with Crippen LogP contribution in [0.2, 0.25) is 0 Å². The molecule has 0 unspecified atom stereocenters. The van der Waals surface area contributed by atoms with E-state index < -0.39 is 0 Å². The maximum absolute atomic E-state index is 14.1. The second-order valence-corrected chi connectivity index (χ2v) is 6.21. The van der Waals surface area contributed by atoms with Crippen LogP contribution in [0.15, 0.2) is 22.6 Å². The van der Waals surface area contributed by atoms with Crippen molar-refractivity contribution in [1.82, 2.24) is 9.88 Å². The first-order valence-corrected chi connectivity index (χ1v) is 8.12. The lowest BCUT2D eigenvalue weighted by Gasteiger charge is -2.14. The van der Waals surface area contributed by atoms with Crippen molar-refractivity contribution in [2.75, 3.05) is 33.9 Å². The van der Waals surface area contributed by atoms with Crippen LogP contribution in [-0.2, 0) is 11.3 Å². The van der Waals surface area contributed by atoms with Gasteiger partial charge in [0.1, 0.15) is 17.3 Å². The number of aryl methyl sites for hydroxylation is 1. The van der Waals surface area contributed by atoms with Crippen molar-refractivity contribution in [1.29, 1.82) is 0 Å². The van der Waals surface area contributed by atoms with Gasteiger partial charge in [0.15, 0.2) is 0 Å². The minimum atomic E-state index is -0.370. The molecule has 1 aromatic carbocycles. The molecule has 1 saturated heterocycles. The molecule has 6 heteroatoms. The monoisotopic (exact) mass is 334 g/mol. The maximum atomic E-state index is 14.1. The van der Waals surface area contributed by atoms with E-state index in [2.05, 4.69) is 9.88 Å². The van der Waals surface area contributed by atoms with E-state index in [1.807, 2.05) is 6.92 Å². The zero-order chi connectivity index (χ0) is 17.1. The van der Waals surface area contributed by atoms with E-state index in [9.17, 15) is 4.39 Å². The van der Waals surface area contributed by atoms with Gasteiger partial charge < -0.3 is 13.9 Å². The average molecular weight is 334 g/mol. The Bertz CT molecular complexity index is 702. The minimum absolute atomic E-state index is 0.298. The van der Waals surface area contributed by atoms with E-state index in [-0.39, 0.29) is 5.82 Å². The summed E-state index contributed by atoms with van der Waals surface area (Å²) < 4.78 is 30.2. The number of nitrogens with zero attached hydrogens (tertiary/aromatic N) is 2. The summed E-state index contributed by atoms with van der Waals surface area (Å²) >= 11 is 0. The highest BCUT2D eigenvalue weighted by molar-refractivity contribution is 5.57. The van der Waals surface area contributed by atoms with Crippen LogP contribution in [0.1, 0.15) is 17.9 Å². The first-order valence-electron chi connectivity index (χ1n) is 8.12. The number of hydrogen-bond acceptors (Lipinski definition) is 5. The maximum Gasteiger partial charge on any atom is 0.229 e. The summed E-state index contributed by atoms with van der Waals surface area (Å²) in [6.45, 7) is 5.37. The summed E-state index contributed by atoms with van der Waals surface area (Å²) in [5.74, 6) is 1.79. The molecule has 2 aromatic rings. The smallest absolute Gasteiger partial charge is 0.229 e. The number of benzene rings is 1. The van der Waals surface area contributed by atoms with Crippen molar-refractivity contribution in [2.24, 2.45) is 5.92 Å². The minimum Gasteiger partial charge on any atom is -0.497 e. The molecule has 0 amide bonds. The number of likely N-dealkylation sites (tertiary alicyclic amines) is 1. The third-order valence-corrected chi connectivity index (χ3v) is 4.44.